The molecule has 0 radical (unpaired) electrons. The molecule has 0 aromatic heterocycles. The Hall–Kier alpha value is -1.59. The van der Waals surface area contributed by atoms with Gasteiger partial charge >= 0.3 is 0 Å². The minimum atomic E-state index is -0.000694. The first-order chi connectivity index (χ1) is 8.19. The van der Waals surface area contributed by atoms with Crippen LogP contribution in [0.5, 0.6) is 0 Å². The van der Waals surface area contributed by atoms with E-state index >= 15 is 0 Å². The van der Waals surface area contributed by atoms with Gasteiger partial charge < -0.3 is 16.0 Å². The summed E-state index contributed by atoms with van der Waals surface area (Å²) in [6, 6.07) is 9.81. The lowest BCUT2D eigenvalue weighted by Gasteiger charge is -2.27. The quantitative estimate of drug-likeness (QED) is 0.296. The molecule has 0 saturated heterocycles. The molecule has 0 heterocycles. The first kappa shape index (κ1) is 13.5. The fourth-order valence-electron chi connectivity index (χ4n) is 1.76. The molecule has 0 spiro atoms. The summed E-state index contributed by atoms with van der Waals surface area (Å²) in [6.45, 7) is 0.619. The van der Waals surface area contributed by atoms with E-state index in [1.807, 2.05) is 42.3 Å². The van der Waals surface area contributed by atoms with Crippen LogP contribution < -0.4 is 5.73 Å². The standard InChI is InChI=1S/C12H19N3O2/c1-15(7-8-16)11(9-12(13)14-17)10-5-3-2-4-6-10/h2-6,11,16-17H,7-9H2,1H3,(H2,13,14). The minimum Gasteiger partial charge on any atom is -0.409 e. The van der Waals surface area contributed by atoms with Crippen LogP contribution in [-0.2, 0) is 0 Å². The van der Waals surface area contributed by atoms with Gasteiger partial charge in [-0.25, -0.2) is 0 Å². The summed E-state index contributed by atoms with van der Waals surface area (Å²) in [4.78, 5) is 1.98. The highest BCUT2D eigenvalue weighted by molar-refractivity contribution is 5.80. The van der Waals surface area contributed by atoms with Crippen LogP contribution in [0.2, 0.25) is 0 Å². The monoisotopic (exact) mass is 237 g/mol. The maximum Gasteiger partial charge on any atom is 0.141 e. The summed E-state index contributed by atoms with van der Waals surface area (Å²) in [5, 5.41) is 20.6. The van der Waals surface area contributed by atoms with Crippen LogP contribution in [0.4, 0.5) is 0 Å². The predicted octanol–water partition coefficient (Wildman–Crippen LogP) is 0.788. The van der Waals surface area contributed by atoms with E-state index in [0.29, 0.717) is 13.0 Å². The van der Waals surface area contributed by atoms with E-state index in [-0.39, 0.29) is 18.5 Å². The van der Waals surface area contributed by atoms with Gasteiger partial charge in [0, 0.05) is 19.0 Å². The van der Waals surface area contributed by atoms with Crippen molar-refractivity contribution in [2.45, 2.75) is 12.5 Å². The molecular formula is C12H19N3O2. The van der Waals surface area contributed by atoms with Crippen molar-refractivity contribution in [3.8, 4) is 0 Å². The second-order valence-electron chi connectivity index (χ2n) is 3.93. The molecule has 0 aliphatic rings. The third-order valence-electron chi connectivity index (χ3n) is 2.70. The number of hydrogen-bond donors (Lipinski definition) is 3. The largest absolute Gasteiger partial charge is 0.409 e. The molecule has 17 heavy (non-hydrogen) atoms. The summed E-state index contributed by atoms with van der Waals surface area (Å²) >= 11 is 0. The van der Waals surface area contributed by atoms with Gasteiger partial charge in [-0.15, -0.1) is 0 Å². The molecule has 0 saturated carbocycles. The van der Waals surface area contributed by atoms with Gasteiger partial charge in [-0.3, -0.25) is 4.90 Å². The van der Waals surface area contributed by atoms with Crippen molar-refractivity contribution in [1.82, 2.24) is 4.90 Å². The van der Waals surface area contributed by atoms with Crippen LogP contribution in [0.25, 0.3) is 0 Å². The third-order valence-corrected chi connectivity index (χ3v) is 2.70. The van der Waals surface area contributed by atoms with Crippen molar-refractivity contribution in [3.63, 3.8) is 0 Å². The maximum atomic E-state index is 8.97. The molecule has 1 rings (SSSR count). The van der Waals surface area contributed by atoms with Crippen molar-refractivity contribution in [2.75, 3.05) is 20.2 Å². The van der Waals surface area contributed by atoms with E-state index in [1.54, 1.807) is 0 Å². The summed E-state index contributed by atoms with van der Waals surface area (Å²) in [5.41, 5.74) is 6.63. The highest BCUT2D eigenvalue weighted by Crippen LogP contribution is 2.22. The smallest absolute Gasteiger partial charge is 0.141 e. The highest BCUT2D eigenvalue weighted by atomic mass is 16.4. The number of rotatable bonds is 6. The SMILES string of the molecule is CN(CCO)C(CC(N)=NO)c1ccccc1. The van der Waals surface area contributed by atoms with Crippen LogP contribution in [0.15, 0.2) is 35.5 Å². The van der Waals surface area contributed by atoms with Crippen molar-refractivity contribution in [3.05, 3.63) is 35.9 Å². The number of nitrogens with two attached hydrogens (primary N) is 1. The lowest BCUT2D eigenvalue weighted by atomic mass is 10.0. The molecular weight excluding hydrogens is 218 g/mol. The second kappa shape index (κ2) is 6.88. The van der Waals surface area contributed by atoms with Gasteiger partial charge in [-0.1, -0.05) is 35.5 Å². The molecule has 1 atom stereocenters. The molecule has 1 aromatic carbocycles. The zero-order valence-electron chi connectivity index (χ0n) is 9.95. The van der Waals surface area contributed by atoms with Gasteiger partial charge in [-0.2, -0.15) is 0 Å². The molecule has 0 bridgehead atoms. The van der Waals surface area contributed by atoms with E-state index in [4.69, 9.17) is 16.0 Å². The van der Waals surface area contributed by atoms with E-state index < -0.39 is 0 Å². The number of amidine groups is 1. The number of oxime groups is 1. The van der Waals surface area contributed by atoms with Crippen LogP contribution in [0.1, 0.15) is 18.0 Å². The third kappa shape index (κ3) is 4.05. The van der Waals surface area contributed by atoms with Gasteiger partial charge in [0.1, 0.15) is 5.84 Å². The number of aliphatic hydroxyl groups is 1. The molecule has 0 aliphatic heterocycles. The first-order valence-electron chi connectivity index (χ1n) is 5.51. The molecule has 1 unspecified atom stereocenters. The number of hydrogen-bond acceptors (Lipinski definition) is 4. The Labute approximate surface area is 101 Å². The van der Waals surface area contributed by atoms with Crippen molar-refractivity contribution >= 4 is 5.84 Å². The maximum absolute atomic E-state index is 8.97. The Morgan fingerprint density at radius 3 is 2.59 bits per heavy atom. The molecule has 5 nitrogen and oxygen atoms in total. The zero-order valence-corrected chi connectivity index (χ0v) is 9.95. The average Bonchev–Trinajstić information content (AvgIpc) is 2.36. The summed E-state index contributed by atoms with van der Waals surface area (Å²) in [6.07, 6.45) is 0.428. The fraction of sp³-hybridized carbons (Fsp3) is 0.417. The zero-order chi connectivity index (χ0) is 12.7. The Morgan fingerprint density at radius 2 is 2.06 bits per heavy atom. The fourth-order valence-corrected chi connectivity index (χ4v) is 1.76. The van der Waals surface area contributed by atoms with Gasteiger partial charge in [0.25, 0.3) is 0 Å². The van der Waals surface area contributed by atoms with Crippen LogP contribution in [0, 0.1) is 0 Å². The van der Waals surface area contributed by atoms with E-state index in [2.05, 4.69) is 5.16 Å². The molecule has 0 fully saturated rings. The molecule has 0 aliphatic carbocycles. The van der Waals surface area contributed by atoms with Gasteiger partial charge in [0.2, 0.25) is 0 Å². The van der Waals surface area contributed by atoms with Gasteiger partial charge in [-0.05, 0) is 12.6 Å². The topological polar surface area (TPSA) is 82.1 Å². The summed E-state index contributed by atoms with van der Waals surface area (Å²) in [5.74, 6) is 0.184. The summed E-state index contributed by atoms with van der Waals surface area (Å²) in [7, 11) is 1.90. The molecule has 0 amide bonds. The highest BCUT2D eigenvalue weighted by Gasteiger charge is 2.18. The van der Waals surface area contributed by atoms with Crippen LogP contribution in [-0.4, -0.2) is 41.2 Å². The van der Waals surface area contributed by atoms with Gasteiger partial charge in [0.05, 0.1) is 6.61 Å². The van der Waals surface area contributed by atoms with Crippen molar-refractivity contribution < 1.29 is 10.3 Å². The number of likely N-dealkylation sites (N-methyl/N-ethyl adjacent to an activating group) is 1. The molecule has 5 heteroatoms. The van der Waals surface area contributed by atoms with Crippen molar-refractivity contribution in [1.29, 1.82) is 0 Å². The number of nitrogens with zero attached hydrogens (tertiary/aromatic N) is 2. The number of benzene rings is 1. The first-order valence-corrected chi connectivity index (χ1v) is 5.51. The Balaban J connectivity index is 2.86. The minimum absolute atomic E-state index is 0.000694. The molecule has 1 aromatic rings. The predicted molar refractivity (Wildman–Crippen MR) is 66.9 cm³/mol. The second-order valence-corrected chi connectivity index (χ2v) is 3.93. The lowest BCUT2D eigenvalue weighted by Crippen LogP contribution is -2.31. The summed E-state index contributed by atoms with van der Waals surface area (Å²) < 4.78 is 0. The van der Waals surface area contributed by atoms with Crippen LogP contribution in [0.3, 0.4) is 0 Å². The lowest BCUT2D eigenvalue weighted by molar-refractivity contribution is 0.182. The Morgan fingerprint density at radius 1 is 1.41 bits per heavy atom. The average molecular weight is 237 g/mol. The Kier molecular flexibility index (Phi) is 5.45. The van der Waals surface area contributed by atoms with Crippen molar-refractivity contribution in [2.24, 2.45) is 10.9 Å². The van der Waals surface area contributed by atoms with E-state index in [0.717, 1.165) is 5.56 Å². The van der Waals surface area contributed by atoms with E-state index in [9.17, 15) is 0 Å². The Bertz CT molecular complexity index is 354. The number of aliphatic hydroxyl groups excluding tert-OH is 1. The molecule has 4 N–H and O–H groups in total. The van der Waals surface area contributed by atoms with Gasteiger partial charge in [0.15, 0.2) is 0 Å². The normalized spacial score (nSPS) is 13.9. The van der Waals surface area contributed by atoms with Crippen LogP contribution >= 0.6 is 0 Å². The molecule has 94 valence electrons. The van der Waals surface area contributed by atoms with E-state index in [1.165, 1.54) is 0 Å².